The minimum absolute atomic E-state index is 0.601. The van der Waals surface area contributed by atoms with E-state index in [1.807, 2.05) is 24.4 Å². The Hall–Kier alpha value is -3.13. The lowest BCUT2D eigenvalue weighted by Crippen LogP contribution is -2.46. The van der Waals surface area contributed by atoms with Crippen LogP contribution in [0, 0.1) is 5.92 Å². The van der Waals surface area contributed by atoms with Gasteiger partial charge >= 0.3 is 0 Å². The third kappa shape index (κ3) is 4.95. The average molecular weight is 449 g/mol. The molecule has 174 valence electrons. The van der Waals surface area contributed by atoms with E-state index in [2.05, 4.69) is 54.9 Å². The number of ether oxygens (including phenoxy) is 1. The van der Waals surface area contributed by atoms with Gasteiger partial charge in [0.25, 0.3) is 0 Å². The van der Waals surface area contributed by atoms with Crippen molar-refractivity contribution in [2.45, 2.75) is 26.3 Å². The van der Waals surface area contributed by atoms with Gasteiger partial charge in [-0.15, -0.1) is 0 Å². The second-order valence-corrected chi connectivity index (χ2v) is 9.05. The van der Waals surface area contributed by atoms with E-state index in [4.69, 9.17) is 9.26 Å². The number of pyridine rings is 1. The average Bonchev–Trinajstić information content (AvgIpc) is 3.33. The smallest absolute Gasteiger partial charge is 0.241 e. The molecule has 0 saturated carbocycles. The van der Waals surface area contributed by atoms with E-state index in [1.165, 1.54) is 12.8 Å². The molecule has 0 radical (unpaired) electrons. The van der Waals surface area contributed by atoms with Gasteiger partial charge in [-0.3, -0.25) is 4.90 Å². The summed E-state index contributed by atoms with van der Waals surface area (Å²) in [6, 6.07) is 12.3. The van der Waals surface area contributed by atoms with Crippen LogP contribution in [0.3, 0.4) is 0 Å². The molecule has 0 aliphatic carbocycles. The molecule has 0 unspecified atom stereocenters. The van der Waals surface area contributed by atoms with Gasteiger partial charge in [0.05, 0.1) is 19.3 Å². The van der Waals surface area contributed by atoms with Gasteiger partial charge in [-0.2, -0.15) is 4.98 Å². The van der Waals surface area contributed by atoms with Crippen LogP contribution < -0.4 is 14.5 Å². The summed E-state index contributed by atoms with van der Waals surface area (Å²) in [7, 11) is 1.72. The zero-order valence-corrected chi connectivity index (χ0v) is 19.5. The van der Waals surface area contributed by atoms with Gasteiger partial charge in [-0.25, -0.2) is 4.98 Å². The van der Waals surface area contributed by atoms with Gasteiger partial charge in [0.1, 0.15) is 11.6 Å². The summed E-state index contributed by atoms with van der Waals surface area (Å²) in [5.74, 6) is 3.91. The molecule has 4 heterocycles. The lowest BCUT2D eigenvalue weighted by atomic mass is 10.0. The van der Waals surface area contributed by atoms with Crippen LogP contribution in [-0.2, 0) is 6.54 Å². The normalized spacial score (nSPS) is 19.6. The summed E-state index contributed by atoms with van der Waals surface area (Å²) in [4.78, 5) is 16.4. The first-order valence-corrected chi connectivity index (χ1v) is 11.8. The van der Waals surface area contributed by atoms with E-state index in [0.717, 1.165) is 68.0 Å². The number of hydrogen-bond acceptors (Lipinski definition) is 8. The second kappa shape index (κ2) is 9.79. The van der Waals surface area contributed by atoms with E-state index < -0.39 is 0 Å². The van der Waals surface area contributed by atoms with Crippen molar-refractivity contribution < 1.29 is 9.26 Å². The number of anilines is 2. The van der Waals surface area contributed by atoms with Crippen LogP contribution in [0.4, 0.5) is 11.5 Å². The molecule has 2 saturated heterocycles. The molecule has 1 aromatic carbocycles. The Morgan fingerprint density at radius 3 is 2.64 bits per heavy atom. The van der Waals surface area contributed by atoms with Crippen molar-refractivity contribution in [1.29, 1.82) is 0 Å². The molecule has 1 atom stereocenters. The van der Waals surface area contributed by atoms with E-state index in [1.54, 1.807) is 7.11 Å². The molecule has 0 spiro atoms. The zero-order valence-electron chi connectivity index (χ0n) is 19.5. The summed E-state index contributed by atoms with van der Waals surface area (Å²) in [6.07, 6.45) is 4.39. The lowest BCUT2D eigenvalue weighted by molar-refractivity contribution is 0.215. The minimum Gasteiger partial charge on any atom is -0.495 e. The third-order valence-electron chi connectivity index (χ3n) is 6.61. The van der Waals surface area contributed by atoms with Gasteiger partial charge in [0, 0.05) is 51.0 Å². The van der Waals surface area contributed by atoms with Crippen LogP contribution in [0.5, 0.6) is 5.75 Å². The predicted molar refractivity (Wildman–Crippen MR) is 129 cm³/mol. The number of benzene rings is 1. The monoisotopic (exact) mass is 448 g/mol. The molecule has 33 heavy (non-hydrogen) atoms. The number of piperidine rings is 1. The maximum absolute atomic E-state index is 5.56. The molecule has 2 fully saturated rings. The Labute approximate surface area is 195 Å². The topological polar surface area (TPSA) is 70.8 Å². The van der Waals surface area contributed by atoms with Crippen LogP contribution >= 0.6 is 0 Å². The highest BCUT2D eigenvalue weighted by atomic mass is 16.5. The van der Waals surface area contributed by atoms with Crippen LogP contribution in [-0.4, -0.2) is 66.4 Å². The standard InChI is InChI=1S/C25H32N6O2/c1-19-6-5-11-31(17-19)23-10-9-20(16-26-23)25-27-24(33-28-25)18-29-12-14-30(15-13-29)21-7-3-4-8-22(21)32-2/h3-4,7-10,16,19H,5-6,11-15,17-18H2,1-2H3/t19-/m0/s1. The number of piperazine rings is 1. The molecule has 5 rings (SSSR count). The highest BCUT2D eigenvalue weighted by Gasteiger charge is 2.22. The van der Waals surface area contributed by atoms with Crippen LogP contribution in [0.2, 0.25) is 0 Å². The Bertz CT molecular complexity index is 1050. The first-order valence-electron chi connectivity index (χ1n) is 11.8. The molecule has 8 nitrogen and oxygen atoms in total. The van der Waals surface area contributed by atoms with Crippen molar-refractivity contribution in [2.75, 3.05) is 56.2 Å². The number of nitrogens with zero attached hydrogens (tertiary/aromatic N) is 6. The van der Waals surface area contributed by atoms with Gasteiger partial charge < -0.3 is 19.1 Å². The second-order valence-electron chi connectivity index (χ2n) is 9.05. The largest absolute Gasteiger partial charge is 0.495 e. The van der Waals surface area contributed by atoms with E-state index in [0.29, 0.717) is 18.3 Å². The number of methoxy groups -OCH3 is 1. The predicted octanol–water partition coefficient (Wildman–Crippen LogP) is 3.70. The fourth-order valence-electron chi connectivity index (χ4n) is 4.77. The molecule has 2 aliphatic heterocycles. The van der Waals surface area contributed by atoms with Crippen LogP contribution in [0.25, 0.3) is 11.4 Å². The minimum atomic E-state index is 0.601. The number of hydrogen-bond donors (Lipinski definition) is 0. The highest BCUT2D eigenvalue weighted by molar-refractivity contribution is 5.59. The van der Waals surface area contributed by atoms with E-state index in [9.17, 15) is 0 Å². The molecular weight excluding hydrogens is 416 g/mol. The van der Waals surface area contributed by atoms with Crippen molar-refractivity contribution in [3.8, 4) is 17.1 Å². The Kier molecular flexibility index (Phi) is 6.44. The SMILES string of the molecule is COc1ccccc1N1CCN(Cc2nc(-c3ccc(N4CCC[C@H](C)C4)nc3)no2)CC1. The Morgan fingerprint density at radius 2 is 1.88 bits per heavy atom. The van der Waals surface area contributed by atoms with Gasteiger partial charge in [0.2, 0.25) is 11.7 Å². The van der Waals surface area contributed by atoms with Gasteiger partial charge in [-0.1, -0.05) is 24.2 Å². The van der Waals surface area contributed by atoms with Crippen LogP contribution in [0.1, 0.15) is 25.7 Å². The highest BCUT2D eigenvalue weighted by Crippen LogP contribution is 2.29. The number of rotatable bonds is 6. The van der Waals surface area contributed by atoms with Crippen molar-refractivity contribution in [1.82, 2.24) is 20.0 Å². The molecule has 0 bridgehead atoms. The fraction of sp³-hybridized carbons (Fsp3) is 0.480. The number of para-hydroxylation sites is 2. The van der Waals surface area contributed by atoms with Crippen molar-refractivity contribution in [2.24, 2.45) is 5.92 Å². The molecular formula is C25H32N6O2. The number of aromatic nitrogens is 3. The zero-order chi connectivity index (χ0) is 22.6. The van der Waals surface area contributed by atoms with Crippen molar-refractivity contribution >= 4 is 11.5 Å². The van der Waals surface area contributed by atoms with Gasteiger partial charge in [0.15, 0.2) is 0 Å². The maximum Gasteiger partial charge on any atom is 0.241 e. The summed E-state index contributed by atoms with van der Waals surface area (Å²) in [5.41, 5.74) is 2.04. The Morgan fingerprint density at radius 1 is 1.03 bits per heavy atom. The molecule has 2 aliphatic rings. The molecule has 3 aromatic rings. The summed E-state index contributed by atoms with van der Waals surface area (Å²) in [5, 5.41) is 4.20. The molecule has 8 heteroatoms. The molecule has 0 amide bonds. The van der Waals surface area contributed by atoms with Gasteiger partial charge in [-0.05, 0) is 43.0 Å². The van der Waals surface area contributed by atoms with Crippen molar-refractivity contribution in [3.05, 3.63) is 48.5 Å². The van der Waals surface area contributed by atoms with Crippen LogP contribution in [0.15, 0.2) is 47.1 Å². The first kappa shape index (κ1) is 21.7. The third-order valence-corrected chi connectivity index (χ3v) is 6.61. The first-order chi connectivity index (χ1) is 16.2. The molecule has 2 aromatic heterocycles. The fourth-order valence-corrected chi connectivity index (χ4v) is 4.77. The van der Waals surface area contributed by atoms with E-state index in [-0.39, 0.29) is 0 Å². The van der Waals surface area contributed by atoms with Crippen molar-refractivity contribution in [3.63, 3.8) is 0 Å². The lowest BCUT2D eigenvalue weighted by Gasteiger charge is -2.35. The maximum atomic E-state index is 5.56. The molecule has 0 N–H and O–H groups in total. The summed E-state index contributed by atoms with van der Waals surface area (Å²) in [6.45, 7) is 8.84. The Balaban J connectivity index is 1.17. The quantitative estimate of drug-likeness (QED) is 0.565. The summed E-state index contributed by atoms with van der Waals surface area (Å²) >= 11 is 0. The van der Waals surface area contributed by atoms with E-state index >= 15 is 0 Å². The summed E-state index contributed by atoms with van der Waals surface area (Å²) < 4.78 is 11.1.